The van der Waals surface area contributed by atoms with E-state index in [4.69, 9.17) is 24.3 Å². The van der Waals surface area contributed by atoms with Crippen LogP contribution in [0.4, 0.5) is 0 Å². The molecule has 0 spiro atoms. The van der Waals surface area contributed by atoms with Crippen LogP contribution in [0, 0.1) is 0 Å². The van der Waals surface area contributed by atoms with Crippen molar-refractivity contribution in [1.29, 1.82) is 0 Å². The standard InChI is InChI=1S/C53H88NO8P/c1-3-5-7-9-11-13-15-17-19-20-21-22-23-24-25-26-27-28-29-30-32-34-36-38-40-42-44-46-53(56)62-51(50-61-63(57,58)60-48-47-54)49-59-52(55)45-43-41-39-37-35-33-31-18-16-14-12-10-8-6-4-2/h5,7,11,13,17-19,21-22,24-25,27-28,30-32,36,38,51H,3-4,6,8-10,12,14-16,20,23,26,29,33-35,37,39-50,54H2,1-2H3,(H,57,58)/b7-5-,13-11-,19-17-,22-21-,25-24-,28-27-,31-18-,32-30-,38-36-. The average molecular weight is 898 g/mol. The van der Waals surface area contributed by atoms with Crippen LogP contribution in [0.25, 0.3) is 0 Å². The van der Waals surface area contributed by atoms with Crippen LogP contribution in [0.15, 0.2) is 109 Å². The summed E-state index contributed by atoms with van der Waals surface area (Å²) in [6, 6.07) is 0. The highest BCUT2D eigenvalue weighted by molar-refractivity contribution is 7.47. The average Bonchev–Trinajstić information content (AvgIpc) is 3.27. The summed E-state index contributed by atoms with van der Waals surface area (Å²) in [5.41, 5.74) is 5.35. The molecule has 0 radical (unpaired) electrons. The van der Waals surface area contributed by atoms with Crippen molar-refractivity contribution in [2.75, 3.05) is 26.4 Å². The van der Waals surface area contributed by atoms with Crippen LogP contribution in [0.1, 0.15) is 181 Å². The maximum atomic E-state index is 12.6. The van der Waals surface area contributed by atoms with E-state index in [9.17, 15) is 19.0 Å². The highest BCUT2D eigenvalue weighted by atomic mass is 31.2. The minimum atomic E-state index is -4.40. The Morgan fingerprint density at radius 3 is 1.35 bits per heavy atom. The monoisotopic (exact) mass is 898 g/mol. The van der Waals surface area contributed by atoms with Gasteiger partial charge in [-0.25, -0.2) is 4.57 Å². The summed E-state index contributed by atoms with van der Waals surface area (Å²) >= 11 is 0. The molecule has 10 heteroatoms. The van der Waals surface area contributed by atoms with E-state index < -0.39 is 32.5 Å². The van der Waals surface area contributed by atoms with Gasteiger partial charge in [-0.3, -0.25) is 18.6 Å². The van der Waals surface area contributed by atoms with Gasteiger partial charge >= 0.3 is 19.8 Å². The van der Waals surface area contributed by atoms with Crippen molar-refractivity contribution in [3.63, 3.8) is 0 Å². The number of nitrogens with two attached hydrogens (primary N) is 1. The fourth-order valence-corrected chi connectivity index (χ4v) is 6.82. The quantitative estimate of drug-likeness (QED) is 0.0265. The number of hydrogen-bond donors (Lipinski definition) is 2. The highest BCUT2D eigenvalue weighted by Gasteiger charge is 2.26. The summed E-state index contributed by atoms with van der Waals surface area (Å²) in [5.74, 6) is -0.899. The SMILES string of the molecule is CC/C=C\C/C=C\C/C=C\C/C=C\C/C=C\C/C=C\C/C=C\C/C=C\CCCCC(=O)OC(COC(=O)CCCCCCC/C=C\CCCCCCCC)COP(=O)(O)OCCN. The van der Waals surface area contributed by atoms with E-state index >= 15 is 0 Å². The first kappa shape index (κ1) is 59.7. The second-order valence-electron chi connectivity index (χ2n) is 15.6. The van der Waals surface area contributed by atoms with Gasteiger partial charge in [0.05, 0.1) is 13.2 Å². The number of phosphoric ester groups is 1. The summed E-state index contributed by atoms with van der Waals surface area (Å²) in [4.78, 5) is 35.0. The van der Waals surface area contributed by atoms with Crippen LogP contribution in [0.2, 0.25) is 0 Å². The van der Waals surface area contributed by atoms with E-state index in [0.717, 1.165) is 96.3 Å². The molecule has 3 N–H and O–H groups in total. The Morgan fingerprint density at radius 1 is 0.492 bits per heavy atom. The van der Waals surface area contributed by atoms with Crippen molar-refractivity contribution in [3.05, 3.63) is 109 Å². The molecule has 0 fully saturated rings. The summed E-state index contributed by atoms with van der Waals surface area (Å²) in [5, 5.41) is 0. The van der Waals surface area contributed by atoms with Crippen LogP contribution in [-0.4, -0.2) is 49.3 Å². The summed E-state index contributed by atoms with van der Waals surface area (Å²) in [6.45, 7) is 3.54. The van der Waals surface area contributed by atoms with E-state index in [2.05, 4.69) is 123 Å². The molecule has 0 bridgehead atoms. The van der Waals surface area contributed by atoms with Crippen molar-refractivity contribution in [2.45, 2.75) is 187 Å². The molecule has 63 heavy (non-hydrogen) atoms. The first-order valence-electron chi connectivity index (χ1n) is 24.4. The number of hydrogen-bond acceptors (Lipinski definition) is 8. The number of rotatable bonds is 44. The number of carbonyl (C=O) groups excluding carboxylic acids is 2. The van der Waals surface area contributed by atoms with Gasteiger partial charge < -0.3 is 20.1 Å². The van der Waals surface area contributed by atoms with E-state index in [1.165, 1.54) is 44.9 Å². The summed E-state index contributed by atoms with van der Waals surface area (Å²) in [6.07, 6.45) is 64.1. The Bertz CT molecular complexity index is 1390. The second-order valence-corrected chi connectivity index (χ2v) is 17.0. The van der Waals surface area contributed by atoms with Gasteiger partial charge in [-0.15, -0.1) is 0 Å². The largest absolute Gasteiger partial charge is 0.472 e. The lowest BCUT2D eigenvalue weighted by Gasteiger charge is -2.19. The van der Waals surface area contributed by atoms with Crippen molar-refractivity contribution in [3.8, 4) is 0 Å². The molecule has 0 aromatic heterocycles. The smallest absolute Gasteiger partial charge is 0.462 e. The molecule has 0 aliphatic carbocycles. The molecular weight excluding hydrogens is 810 g/mol. The van der Waals surface area contributed by atoms with Gasteiger partial charge in [0.2, 0.25) is 0 Å². The lowest BCUT2D eigenvalue weighted by molar-refractivity contribution is -0.161. The number of phosphoric acid groups is 1. The minimum Gasteiger partial charge on any atom is -0.462 e. The topological polar surface area (TPSA) is 134 Å². The maximum absolute atomic E-state index is 12.6. The number of allylic oxidation sites excluding steroid dienone is 18. The van der Waals surface area contributed by atoms with Crippen molar-refractivity contribution in [1.82, 2.24) is 0 Å². The van der Waals surface area contributed by atoms with Gasteiger partial charge in [-0.05, 0) is 103 Å². The first-order valence-corrected chi connectivity index (χ1v) is 25.9. The molecule has 0 aliphatic rings. The third-order valence-corrected chi connectivity index (χ3v) is 10.6. The molecule has 0 amide bonds. The summed E-state index contributed by atoms with van der Waals surface area (Å²) in [7, 11) is -4.40. The van der Waals surface area contributed by atoms with E-state index in [1.807, 2.05) is 0 Å². The Kier molecular flexibility index (Phi) is 45.6. The molecule has 0 aromatic carbocycles. The molecule has 9 nitrogen and oxygen atoms in total. The predicted octanol–water partition coefficient (Wildman–Crippen LogP) is 14.7. The molecule has 358 valence electrons. The normalized spacial score (nSPS) is 14.2. The third kappa shape index (κ3) is 48.0. The molecule has 0 aliphatic heterocycles. The van der Waals surface area contributed by atoms with Crippen LogP contribution < -0.4 is 5.73 Å². The molecular formula is C53H88NO8P. The van der Waals surface area contributed by atoms with Crippen LogP contribution in [0.5, 0.6) is 0 Å². The molecule has 2 unspecified atom stereocenters. The van der Waals surface area contributed by atoms with Crippen molar-refractivity contribution < 1.29 is 37.6 Å². The second kappa shape index (κ2) is 48.1. The van der Waals surface area contributed by atoms with Gasteiger partial charge in [0.15, 0.2) is 6.10 Å². The lowest BCUT2D eigenvalue weighted by Crippen LogP contribution is -2.29. The molecule has 0 saturated carbocycles. The number of carbonyl (C=O) groups is 2. The van der Waals surface area contributed by atoms with Crippen molar-refractivity contribution >= 4 is 19.8 Å². The number of unbranched alkanes of at least 4 members (excludes halogenated alkanes) is 13. The Balaban J connectivity index is 4.22. The molecule has 0 saturated heterocycles. The van der Waals surface area contributed by atoms with Gasteiger partial charge in [-0.1, -0.05) is 175 Å². The van der Waals surface area contributed by atoms with E-state index in [-0.39, 0.29) is 32.6 Å². The van der Waals surface area contributed by atoms with E-state index in [0.29, 0.717) is 12.8 Å². The first-order chi connectivity index (χ1) is 30.8. The number of ether oxygens (including phenoxy) is 2. The maximum Gasteiger partial charge on any atom is 0.472 e. The van der Waals surface area contributed by atoms with Gasteiger partial charge in [-0.2, -0.15) is 0 Å². The van der Waals surface area contributed by atoms with Crippen LogP contribution in [0.3, 0.4) is 0 Å². The number of esters is 2. The minimum absolute atomic E-state index is 0.0389. The zero-order valence-corrected chi connectivity index (χ0v) is 40.4. The fraction of sp³-hybridized carbons (Fsp3) is 0.623. The van der Waals surface area contributed by atoms with Gasteiger partial charge in [0, 0.05) is 19.4 Å². The molecule has 2 atom stereocenters. The Hall–Kier alpha value is -3.33. The lowest BCUT2D eigenvalue weighted by atomic mass is 10.1. The van der Waals surface area contributed by atoms with Crippen molar-refractivity contribution in [2.24, 2.45) is 5.73 Å². The molecule has 0 rings (SSSR count). The van der Waals surface area contributed by atoms with E-state index in [1.54, 1.807) is 0 Å². The molecule has 0 heterocycles. The Morgan fingerprint density at radius 2 is 0.873 bits per heavy atom. The fourth-order valence-electron chi connectivity index (χ4n) is 6.05. The summed E-state index contributed by atoms with van der Waals surface area (Å²) < 4.78 is 32.8. The zero-order chi connectivity index (χ0) is 46.0. The third-order valence-electron chi connectivity index (χ3n) is 9.64. The molecule has 0 aromatic rings. The van der Waals surface area contributed by atoms with Gasteiger partial charge in [0.1, 0.15) is 6.61 Å². The zero-order valence-electron chi connectivity index (χ0n) is 39.5. The Labute approximate surface area is 384 Å². The highest BCUT2D eigenvalue weighted by Crippen LogP contribution is 2.43. The van der Waals surface area contributed by atoms with Crippen LogP contribution in [-0.2, 0) is 32.7 Å². The van der Waals surface area contributed by atoms with Gasteiger partial charge in [0.25, 0.3) is 0 Å². The van der Waals surface area contributed by atoms with Crippen LogP contribution >= 0.6 is 7.82 Å². The predicted molar refractivity (Wildman–Crippen MR) is 265 cm³/mol.